The van der Waals surface area contributed by atoms with Gasteiger partial charge in [-0.1, -0.05) is 11.6 Å². The van der Waals surface area contributed by atoms with Gasteiger partial charge in [0, 0.05) is 17.3 Å². The van der Waals surface area contributed by atoms with E-state index in [9.17, 15) is 9.59 Å². The summed E-state index contributed by atoms with van der Waals surface area (Å²) in [6.45, 7) is 8.88. The monoisotopic (exact) mass is 344 g/mol. The number of nitrogens with one attached hydrogen (secondary N) is 2. The van der Waals surface area contributed by atoms with Crippen molar-refractivity contribution in [1.29, 1.82) is 0 Å². The van der Waals surface area contributed by atoms with Crippen molar-refractivity contribution in [2.45, 2.75) is 40.2 Å². The number of anilines is 1. The lowest BCUT2D eigenvalue weighted by atomic mass is 10.2. The molecule has 1 rings (SSSR count). The van der Waals surface area contributed by atoms with E-state index in [0.717, 1.165) is 5.56 Å². The molecule has 0 unspecified atom stereocenters. The minimum absolute atomic E-state index is 0.156. The zero-order chi connectivity index (χ0) is 18.0. The van der Waals surface area contributed by atoms with E-state index in [0.29, 0.717) is 10.7 Å². The first kappa shape index (κ1) is 21.2. The number of amides is 2. The van der Waals surface area contributed by atoms with Crippen LogP contribution in [-0.2, 0) is 9.53 Å². The van der Waals surface area contributed by atoms with Gasteiger partial charge in [0.1, 0.15) is 12.1 Å². The second-order valence-corrected chi connectivity index (χ2v) is 6.09. The first-order valence-electron chi connectivity index (χ1n) is 7.22. The van der Waals surface area contributed by atoms with Gasteiger partial charge in [0.2, 0.25) is 5.91 Å². The average molecular weight is 345 g/mol. The Morgan fingerprint density at radius 2 is 1.87 bits per heavy atom. The second-order valence-electron chi connectivity index (χ2n) is 5.68. The lowest BCUT2D eigenvalue weighted by molar-refractivity contribution is -0.115. The molecule has 23 heavy (non-hydrogen) atoms. The molecule has 3 N–H and O–H groups in total. The molecule has 0 spiro atoms. The lowest BCUT2D eigenvalue weighted by Crippen LogP contribution is -2.37. The number of ether oxygens (including phenoxy) is 1. The smallest absolute Gasteiger partial charge is 0.408 e. The van der Waals surface area contributed by atoms with Crippen LogP contribution >= 0.6 is 11.6 Å². The highest BCUT2D eigenvalue weighted by atomic mass is 35.5. The number of carbonyl (C=O) groups excluding carboxylic acids is 2. The van der Waals surface area contributed by atoms with Gasteiger partial charge in [0.25, 0.3) is 0 Å². The summed E-state index contributed by atoms with van der Waals surface area (Å²) >= 11 is 5.90. The highest BCUT2D eigenvalue weighted by molar-refractivity contribution is 6.31. The number of carbonyl (C=O) groups is 2. The maximum Gasteiger partial charge on any atom is 0.408 e. The van der Waals surface area contributed by atoms with Crippen molar-refractivity contribution in [3.63, 3.8) is 0 Å². The maximum absolute atomic E-state index is 11.7. The van der Waals surface area contributed by atoms with Crippen LogP contribution in [0.1, 0.15) is 33.3 Å². The van der Waals surface area contributed by atoms with Gasteiger partial charge in [-0.3, -0.25) is 4.79 Å². The van der Waals surface area contributed by atoms with E-state index in [2.05, 4.69) is 10.6 Å². The topological polar surface area (TPSA) is 87.7 Å². The third-order valence-electron chi connectivity index (χ3n) is 2.23. The number of aryl methyl sites for hydroxylation is 1. The SMILES string of the molecule is CCO.Cc1cc(NC(=O)CNC(=O)OC(C)(C)C)ccc1Cl. The molecule has 0 aliphatic carbocycles. The second kappa shape index (κ2) is 10.1. The van der Waals surface area contributed by atoms with Crippen molar-refractivity contribution in [2.24, 2.45) is 0 Å². The Balaban J connectivity index is 0.00000149. The summed E-state index contributed by atoms with van der Waals surface area (Å²) in [5, 5.41) is 13.2. The van der Waals surface area contributed by atoms with E-state index < -0.39 is 11.7 Å². The molecule has 1 aromatic carbocycles. The highest BCUT2D eigenvalue weighted by Gasteiger charge is 2.16. The van der Waals surface area contributed by atoms with Crippen LogP contribution in [0.2, 0.25) is 5.02 Å². The minimum Gasteiger partial charge on any atom is -0.444 e. The third kappa shape index (κ3) is 10.5. The molecule has 130 valence electrons. The first-order valence-corrected chi connectivity index (χ1v) is 7.60. The van der Waals surface area contributed by atoms with Gasteiger partial charge in [-0.05, 0) is 58.4 Å². The molecule has 7 heteroatoms. The summed E-state index contributed by atoms with van der Waals surface area (Å²) in [6.07, 6.45) is -0.625. The van der Waals surface area contributed by atoms with E-state index in [4.69, 9.17) is 21.4 Å². The Morgan fingerprint density at radius 3 is 2.35 bits per heavy atom. The van der Waals surface area contributed by atoms with Gasteiger partial charge in [-0.25, -0.2) is 4.79 Å². The van der Waals surface area contributed by atoms with Gasteiger partial charge in [-0.2, -0.15) is 0 Å². The molecule has 0 atom stereocenters. The Bertz CT molecular complexity index is 527. The number of rotatable bonds is 3. The number of hydrogen-bond donors (Lipinski definition) is 3. The third-order valence-corrected chi connectivity index (χ3v) is 2.66. The fourth-order valence-corrected chi connectivity index (χ4v) is 1.51. The van der Waals surface area contributed by atoms with Crippen LogP contribution in [0.15, 0.2) is 18.2 Å². The Morgan fingerprint density at radius 1 is 1.30 bits per heavy atom. The summed E-state index contributed by atoms with van der Waals surface area (Å²) in [5.41, 5.74) is 0.904. The van der Waals surface area contributed by atoms with Crippen molar-refractivity contribution in [3.05, 3.63) is 28.8 Å². The van der Waals surface area contributed by atoms with Crippen LogP contribution in [0, 0.1) is 6.92 Å². The zero-order valence-electron chi connectivity index (χ0n) is 14.2. The van der Waals surface area contributed by atoms with E-state index in [1.807, 2.05) is 6.92 Å². The largest absolute Gasteiger partial charge is 0.444 e. The van der Waals surface area contributed by atoms with E-state index >= 15 is 0 Å². The molecule has 0 bridgehead atoms. The standard InChI is InChI=1S/C14H19ClN2O3.C2H6O/c1-9-7-10(5-6-11(9)15)17-12(18)8-16-13(19)20-14(2,3)4;1-2-3/h5-7H,8H2,1-4H3,(H,16,19)(H,17,18);3H,2H2,1H3. The molecule has 0 saturated carbocycles. The molecule has 0 fully saturated rings. The molecule has 1 aromatic rings. The van der Waals surface area contributed by atoms with E-state index in [1.54, 1.807) is 45.9 Å². The summed E-state index contributed by atoms with van der Waals surface area (Å²) in [5.74, 6) is -0.336. The number of alkyl carbamates (subject to hydrolysis) is 1. The fraction of sp³-hybridized carbons (Fsp3) is 0.500. The quantitative estimate of drug-likeness (QED) is 0.786. The van der Waals surface area contributed by atoms with Gasteiger partial charge in [-0.15, -0.1) is 0 Å². The first-order chi connectivity index (χ1) is 10.6. The van der Waals surface area contributed by atoms with Crippen LogP contribution < -0.4 is 10.6 Å². The van der Waals surface area contributed by atoms with E-state index in [1.165, 1.54) is 0 Å². The molecule has 0 radical (unpaired) electrons. The van der Waals surface area contributed by atoms with Gasteiger partial charge in [0.05, 0.1) is 0 Å². The van der Waals surface area contributed by atoms with Crippen LogP contribution in [0.5, 0.6) is 0 Å². The molecule has 0 aromatic heterocycles. The van der Waals surface area contributed by atoms with Crippen molar-refractivity contribution in [2.75, 3.05) is 18.5 Å². The van der Waals surface area contributed by atoms with Gasteiger partial charge < -0.3 is 20.5 Å². The van der Waals surface area contributed by atoms with Crippen molar-refractivity contribution < 1.29 is 19.4 Å². The highest BCUT2D eigenvalue weighted by Crippen LogP contribution is 2.19. The average Bonchev–Trinajstić information content (AvgIpc) is 2.40. The molecule has 6 nitrogen and oxygen atoms in total. The molecule has 0 saturated heterocycles. The Labute approximate surface area is 142 Å². The van der Waals surface area contributed by atoms with Crippen molar-refractivity contribution >= 4 is 29.3 Å². The van der Waals surface area contributed by atoms with Gasteiger partial charge >= 0.3 is 6.09 Å². The lowest BCUT2D eigenvalue weighted by Gasteiger charge is -2.19. The molecular formula is C16H25ClN2O4. The molecular weight excluding hydrogens is 320 g/mol. The fourth-order valence-electron chi connectivity index (χ4n) is 1.39. The van der Waals surface area contributed by atoms with E-state index in [-0.39, 0.29) is 19.1 Å². The van der Waals surface area contributed by atoms with Crippen LogP contribution in [0.4, 0.5) is 10.5 Å². The van der Waals surface area contributed by atoms with Crippen LogP contribution in [-0.4, -0.2) is 35.9 Å². The number of aliphatic hydroxyl groups is 1. The summed E-state index contributed by atoms with van der Waals surface area (Å²) in [4.78, 5) is 23.0. The number of hydrogen-bond acceptors (Lipinski definition) is 4. The van der Waals surface area contributed by atoms with Crippen LogP contribution in [0.25, 0.3) is 0 Å². The summed E-state index contributed by atoms with van der Waals surface area (Å²) in [7, 11) is 0. The van der Waals surface area contributed by atoms with Crippen LogP contribution in [0.3, 0.4) is 0 Å². The Hall–Kier alpha value is -1.79. The van der Waals surface area contributed by atoms with Crippen molar-refractivity contribution in [3.8, 4) is 0 Å². The molecule has 0 aliphatic rings. The number of aliphatic hydroxyl groups excluding tert-OH is 1. The van der Waals surface area contributed by atoms with Crippen molar-refractivity contribution in [1.82, 2.24) is 5.32 Å². The maximum atomic E-state index is 11.7. The predicted octanol–water partition coefficient (Wildman–Crippen LogP) is 3.11. The minimum atomic E-state index is -0.625. The van der Waals surface area contributed by atoms with Gasteiger partial charge in [0.15, 0.2) is 0 Å². The summed E-state index contributed by atoms with van der Waals surface area (Å²) in [6, 6.07) is 5.15. The Kier molecular flexibility index (Phi) is 9.29. The summed E-state index contributed by atoms with van der Waals surface area (Å²) < 4.78 is 5.03. The number of halogens is 1. The number of benzene rings is 1. The predicted molar refractivity (Wildman–Crippen MR) is 91.8 cm³/mol. The zero-order valence-corrected chi connectivity index (χ0v) is 15.0. The molecule has 2 amide bonds. The molecule has 0 aliphatic heterocycles. The normalized spacial score (nSPS) is 10.2. The molecule has 0 heterocycles.